The van der Waals surface area contributed by atoms with Gasteiger partial charge >= 0.3 is 0 Å². The molecule has 0 saturated carbocycles. The molecule has 2 N–H and O–H groups in total. The molecule has 1 unspecified atom stereocenters. The van der Waals surface area contributed by atoms with Crippen molar-refractivity contribution in [1.29, 1.82) is 0 Å². The fourth-order valence-electron chi connectivity index (χ4n) is 1.84. The second kappa shape index (κ2) is 6.01. The minimum absolute atomic E-state index is 0.0362. The Morgan fingerprint density at radius 2 is 2.26 bits per heavy atom. The van der Waals surface area contributed by atoms with Crippen LogP contribution in [0.3, 0.4) is 0 Å². The van der Waals surface area contributed by atoms with E-state index < -0.39 is 0 Å². The summed E-state index contributed by atoms with van der Waals surface area (Å²) < 4.78 is 0. The minimum Gasteiger partial charge on any atom is -0.354 e. The van der Waals surface area contributed by atoms with E-state index in [1.54, 1.807) is 0 Å². The highest BCUT2D eigenvalue weighted by molar-refractivity contribution is 6.28. The third-order valence-corrected chi connectivity index (χ3v) is 3.05. The molecule has 0 aromatic carbocycles. The molecule has 0 radical (unpaired) electrons. The van der Waals surface area contributed by atoms with Crippen molar-refractivity contribution in [3.63, 3.8) is 0 Å². The first-order valence-corrected chi connectivity index (χ1v) is 6.69. The lowest BCUT2D eigenvalue weighted by atomic mass is 10.2. The van der Waals surface area contributed by atoms with Gasteiger partial charge in [0.05, 0.1) is 0 Å². The number of nitrogens with zero attached hydrogens (tertiary/aromatic N) is 4. The van der Waals surface area contributed by atoms with Crippen molar-refractivity contribution in [1.82, 2.24) is 20.3 Å². The molecule has 0 bridgehead atoms. The summed E-state index contributed by atoms with van der Waals surface area (Å²) in [5.74, 6) is 0.835. The van der Waals surface area contributed by atoms with Gasteiger partial charge in [-0.1, -0.05) is 6.92 Å². The number of amides is 1. The van der Waals surface area contributed by atoms with Crippen LogP contribution in [0.25, 0.3) is 0 Å². The van der Waals surface area contributed by atoms with Gasteiger partial charge in [0, 0.05) is 19.6 Å². The van der Waals surface area contributed by atoms with Crippen LogP contribution in [0.1, 0.15) is 20.3 Å². The quantitative estimate of drug-likeness (QED) is 0.846. The monoisotopic (exact) mass is 284 g/mol. The van der Waals surface area contributed by atoms with Crippen LogP contribution in [-0.4, -0.2) is 46.5 Å². The number of carbonyl (C=O) groups excluding carboxylic acids is 1. The maximum absolute atomic E-state index is 11.6. The summed E-state index contributed by atoms with van der Waals surface area (Å²) in [5.41, 5.74) is 0. The number of carbonyl (C=O) groups is 1. The zero-order chi connectivity index (χ0) is 13.8. The number of hydrogen-bond acceptors (Lipinski definition) is 6. The van der Waals surface area contributed by atoms with Crippen molar-refractivity contribution in [2.75, 3.05) is 29.9 Å². The lowest BCUT2D eigenvalue weighted by Gasteiger charge is -2.32. The van der Waals surface area contributed by atoms with E-state index in [0.29, 0.717) is 25.0 Å². The van der Waals surface area contributed by atoms with Gasteiger partial charge in [0.25, 0.3) is 0 Å². The zero-order valence-electron chi connectivity index (χ0n) is 11.0. The Balaban J connectivity index is 2.23. The summed E-state index contributed by atoms with van der Waals surface area (Å²) in [5, 5.41) is 5.99. The number of rotatable bonds is 4. The first kappa shape index (κ1) is 13.8. The normalized spacial score (nSPS) is 19.2. The van der Waals surface area contributed by atoms with Crippen LogP contribution in [0.4, 0.5) is 11.9 Å². The largest absolute Gasteiger partial charge is 0.354 e. The molecule has 1 fully saturated rings. The van der Waals surface area contributed by atoms with Gasteiger partial charge < -0.3 is 15.5 Å². The molecule has 19 heavy (non-hydrogen) atoms. The molecule has 2 rings (SSSR count). The number of piperazine rings is 1. The topological polar surface area (TPSA) is 83.0 Å². The Kier molecular flexibility index (Phi) is 4.36. The van der Waals surface area contributed by atoms with Crippen LogP contribution >= 0.6 is 11.6 Å². The molecule has 1 aromatic heterocycles. The third kappa shape index (κ3) is 3.23. The maximum atomic E-state index is 11.6. The van der Waals surface area contributed by atoms with Gasteiger partial charge in [-0.2, -0.15) is 15.0 Å². The molecule has 1 aliphatic heterocycles. The van der Waals surface area contributed by atoms with Gasteiger partial charge in [-0.25, -0.2) is 0 Å². The van der Waals surface area contributed by atoms with E-state index in [4.69, 9.17) is 11.6 Å². The molecule has 1 amide bonds. The van der Waals surface area contributed by atoms with Gasteiger partial charge in [-0.3, -0.25) is 4.79 Å². The average molecular weight is 285 g/mol. The molecule has 1 aromatic rings. The maximum Gasteiger partial charge on any atom is 0.242 e. The van der Waals surface area contributed by atoms with Crippen molar-refractivity contribution < 1.29 is 4.79 Å². The Labute approximate surface area is 116 Å². The fraction of sp³-hybridized carbons (Fsp3) is 0.636. The summed E-state index contributed by atoms with van der Waals surface area (Å²) in [6.45, 7) is 5.85. The van der Waals surface area contributed by atoms with Crippen LogP contribution < -0.4 is 15.5 Å². The van der Waals surface area contributed by atoms with Gasteiger partial charge in [0.15, 0.2) is 0 Å². The van der Waals surface area contributed by atoms with E-state index in [0.717, 1.165) is 13.0 Å². The van der Waals surface area contributed by atoms with E-state index >= 15 is 0 Å². The average Bonchev–Trinajstić information content (AvgIpc) is 2.39. The molecular formula is C11H17ClN6O. The van der Waals surface area contributed by atoms with Gasteiger partial charge in [0.1, 0.15) is 6.04 Å². The Morgan fingerprint density at radius 3 is 3.00 bits per heavy atom. The lowest BCUT2D eigenvalue weighted by molar-refractivity contribution is -0.122. The highest BCUT2D eigenvalue weighted by Gasteiger charge is 2.28. The smallest absolute Gasteiger partial charge is 0.242 e. The van der Waals surface area contributed by atoms with Crippen molar-refractivity contribution in [3.8, 4) is 0 Å². The number of nitrogens with one attached hydrogen (secondary N) is 2. The lowest BCUT2D eigenvalue weighted by Crippen LogP contribution is -2.54. The van der Waals surface area contributed by atoms with E-state index in [1.807, 2.05) is 18.7 Å². The first-order chi connectivity index (χ1) is 9.11. The number of anilines is 2. The van der Waals surface area contributed by atoms with Crippen LogP contribution in [-0.2, 0) is 4.79 Å². The number of hydrogen-bond donors (Lipinski definition) is 2. The number of halogens is 1. The predicted octanol–water partition coefficient (Wildman–Crippen LogP) is 0.672. The van der Waals surface area contributed by atoms with Crippen LogP contribution in [0, 0.1) is 0 Å². The first-order valence-electron chi connectivity index (χ1n) is 6.31. The summed E-state index contributed by atoms with van der Waals surface area (Å²) in [6.07, 6.45) is 0.959. The molecule has 1 atom stereocenters. The van der Waals surface area contributed by atoms with Gasteiger partial charge in [0.2, 0.25) is 23.1 Å². The molecule has 0 spiro atoms. The van der Waals surface area contributed by atoms with Crippen LogP contribution in [0.2, 0.25) is 5.28 Å². The van der Waals surface area contributed by atoms with Gasteiger partial charge in [-0.05, 0) is 24.9 Å². The second-order valence-corrected chi connectivity index (χ2v) is 4.65. The van der Waals surface area contributed by atoms with Gasteiger partial charge in [-0.15, -0.1) is 0 Å². The Bertz CT molecular complexity index is 468. The van der Waals surface area contributed by atoms with E-state index in [2.05, 4.69) is 25.6 Å². The SMILES string of the molecule is CCCNc1nc(Cl)nc(N2CCNC(=O)C2C)n1. The highest BCUT2D eigenvalue weighted by Crippen LogP contribution is 2.17. The van der Waals surface area contributed by atoms with Crippen LogP contribution in [0.15, 0.2) is 0 Å². The highest BCUT2D eigenvalue weighted by atomic mass is 35.5. The van der Waals surface area contributed by atoms with E-state index in [9.17, 15) is 4.79 Å². The standard InChI is InChI=1S/C11H17ClN6O/c1-3-4-14-10-15-9(12)16-11(17-10)18-6-5-13-8(19)7(18)2/h7H,3-6H2,1-2H3,(H,13,19)(H,14,15,16,17). The van der Waals surface area contributed by atoms with Crippen molar-refractivity contribution in [2.24, 2.45) is 0 Å². The van der Waals surface area contributed by atoms with E-state index in [-0.39, 0.29) is 17.2 Å². The summed E-state index contributed by atoms with van der Waals surface area (Å²) in [4.78, 5) is 25.9. The fourth-order valence-corrected chi connectivity index (χ4v) is 2.00. The molecule has 8 heteroatoms. The van der Waals surface area contributed by atoms with Crippen molar-refractivity contribution in [3.05, 3.63) is 5.28 Å². The Morgan fingerprint density at radius 1 is 1.47 bits per heavy atom. The number of aromatic nitrogens is 3. The summed E-state index contributed by atoms with van der Waals surface area (Å²) >= 11 is 5.90. The van der Waals surface area contributed by atoms with E-state index in [1.165, 1.54) is 0 Å². The zero-order valence-corrected chi connectivity index (χ0v) is 11.7. The molecule has 104 valence electrons. The molecular weight excluding hydrogens is 268 g/mol. The van der Waals surface area contributed by atoms with Crippen LogP contribution in [0.5, 0.6) is 0 Å². The molecule has 1 saturated heterocycles. The third-order valence-electron chi connectivity index (χ3n) is 2.89. The molecule has 0 aliphatic carbocycles. The Hall–Kier alpha value is -1.63. The van der Waals surface area contributed by atoms with Crippen molar-refractivity contribution >= 4 is 29.4 Å². The molecule has 7 nitrogen and oxygen atoms in total. The van der Waals surface area contributed by atoms with Crippen molar-refractivity contribution in [2.45, 2.75) is 26.3 Å². The minimum atomic E-state index is -0.314. The predicted molar refractivity (Wildman–Crippen MR) is 73.4 cm³/mol. The molecule has 2 heterocycles. The summed E-state index contributed by atoms with van der Waals surface area (Å²) in [7, 11) is 0. The summed E-state index contributed by atoms with van der Waals surface area (Å²) in [6, 6.07) is -0.314. The molecule has 1 aliphatic rings. The second-order valence-electron chi connectivity index (χ2n) is 4.32.